The summed E-state index contributed by atoms with van der Waals surface area (Å²) in [5.74, 6) is 1.61. The average molecular weight is 500 g/mol. The van der Waals surface area contributed by atoms with Gasteiger partial charge in [-0.2, -0.15) is 9.57 Å². The van der Waals surface area contributed by atoms with Gasteiger partial charge in [-0.25, -0.2) is 8.42 Å². The molecule has 2 aliphatic heterocycles. The second kappa shape index (κ2) is 10.7. The molecule has 1 saturated heterocycles. The molecular formula is C24H25N3O7S. The number of ether oxygens (including phenoxy) is 4. The molecule has 1 amide bonds. The van der Waals surface area contributed by atoms with E-state index in [0.717, 1.165) is 5.56 Å². The van der Waals surface area contributed by atoms with Crippen molar-refractivity contribution in [3.63, 3.8) is 0 Å². The van der Waals surface area contributed by atoms with Crippen molar-refractivity contribution in [1.29, 1.82) is 5.26 Å². The van der Waals surface area contributed by atoms with Crippen LogP contribution in [0.5, 0.6) is 23.0 Å². The number of nitriles is 1. The first kappa shape index (κ1) is 24.4. The Labute approximate surface area is 203 Å². The second-order valence-electron chi connectivity index (χ2n) is 7.73. The van der Waals surface area contributed by atoms with Crippen molar-refractivity contribution >= 4 is 22.0 Å². The summed E-state index contributed by atoms with van der Waals surface area (Å²) in [6.45, 7) is 1.63. The van der Waals surface area contributed by atoms with Gasteiger partial charge in [0.05, 0.1) is 12.0 Å². The minimum atomic E-state index is -3.72. The summed E-state index contributed by atoms with van der Waals surface area (Å²) in [7, 11) is -2.23. The van der Waals surface area contributed by atoms with E-state index in [4.69, 9.17) is 24.2 Å². The maximum Gasteiger partial charge on any atom is 0.246 e. The van der Waals surface area contributed by atoms with Crippen molar-refractivity contribution in [1.82, 2.24) is 9.21 Å². The number of methoxy groups -OCH3 is 1. The summed E-state index contributed by atoms with van der Waals surface area (Å²) >= 11 is 0. The number of benzene rings is 2. The van der Waals surface area contributed by atoms with Gasteiger partial charge >= 0.3 is 0 Å². The predicted molar refractivity (Wildman–Crippen MR) is 126 cm³/mol. The van der Waals surface area contributed by atoms with Gasteiger partial charge in [0.2, 0.25) is 15.9 Å². The van der Waals surface area contributed by atoms with Crippen LogP contribution in [-0.2, 0) is 14.8 Å². The Balaban J connectivity index is 1.36. The maximum atomic E-state index is 13.1. The van der Waals surface area contributed by atoms with E-state index < -0.39 is 10.0 Å². The SMILES string of the molecule is COc1cc(C=CC(=O)N2CCN(S(=O)(=O)c3ccc4c(c3)OCCO4)CC2)ccc1OCC#N. The minimum absolute atomic E-state index is 0.0968. The van der Waals surface area contributed by atoms with Crippen LogP contribution in [0.15, 0.2) is 47.4 Å². The van der Waals surface area contributed by atoms with Crippen molar-refractivity contribution < 1.29 is 32.2 Å². The molecule has 184 valence electrons. The Bertz CT molecular complexity index is 1260. The Hall–Kier alpha value is -3.75. The zero-order valence-electron chi connectivity index (χ0n) is 19.2. The number of amides is 1. The number of hydrogen-bond donors (Lipinski definition) is 0. The lowest BCUT2D eigenvalue weighted by Gasteiger charge is -2.33. The fourth-order valence-electron chi connectivity index (χ4n) is 3.77. The lowest BCUT2D eigenvalue weighted by molar-refractivity contribution is -0.127. The number of carbonyl (C=O) groups excluding carboxylic acids is 1. The summed E-state index contributed by atoms with van der Waals surface area (Å²) in [4.78, 5) is 14.4. The Morgan fingerprint density at radius 3 is 2.51 bits per heavy atom. The molecule has 0 atom stereocenters. The average Bonchev–Trinajstić information content (AvgIpc) is 2.90. The van der Waals surface area contributed by atoms with Gasteiger partial charge in [-0.3, -0.25) is 4.79 Å². The van der Waals surface area contributed by atoms with Crippen LogP contribution in [0.1, 0.15) is 5.56 Å². The first-order chi connectivity index (χ1) is 16.9. The van der Waals surface area contributed by atoms with E-state index in [1.165, 1.54) is 29.6 Å². The Kier molecular flexibility index (Phi) is 7.43. The van der Waals surface area contributed by atoms with Crippen LogP contribution >= 0.6 is 0 Å². The molecule has 0 bridgehead atoms. The summed E-state index contributed by atoms with van der Waals surface area (Å²) in [6.07, 6.45) is 3.09. The number of nitrogens with zero attached hydrogens (tertiary/aromatic N) is 3. The fourth-order valence-corrected chi connectivity index (χ4v) is 5.21. The number of rotatable bonds is 7. The first-order valence-corrected chi connectivity index (χ1v) is 12.4. The molecule has 0 spiro atoms. The van der Waals surface area contributed by atoms with Gasteiger partial charge in [0.1, 0.15) is 19.3 Å². The molecule has 35 heavy (non-hydrogen) atoms. The predicted octanol–water partition coefficient (Wildman–Crippen LogP) is 1.92. The number of hydrogen-bond acceptors (Lipinski definition) is 8. The lowest BCUT2D eigenvalue weighted by Crippen LogP contribution is -2.50. The Morgan fingerprint density at radius 2 is 1.80 bits per heavy atom. The van der Waals surface area contributed by atoms with Gasteiger partial charge in [-0.1, -0.05) is 6.07 Å². The van der Waals surface area contributed by atoms with Gasteiger partial charge in [-0.05, 0) is 35.9 Å². The van der Waals surface area contributed by atoms with E-state index in [1.54, 1.807) is 35.2 Å². The monoisotopic (exact) mass is 499 g/mol. The van der Waals surface area contributed by atoms with E-state index in [-0.39, 0.29) is 43.6 Å². The summed E-state index contributed by atoms with van der Waals surface area (Å²) in [6, 6.07) is 11.6. The standard InChI is InChI=1S/C24H25N3O7S/c1-31-22-16-18(2-5-20(22)32-13-8-25)3-7-24(28)26-9-11-27(12-10-26)35(29,30)19-4-6-21-23(17-19)34-15-14-33-21/h2-7,16-17H,9-15H2,1H3. The molecule has 2 aromatic carbocycles. The van der Waals surface area contributed by atoms with Crippen molar-refractivity contribution in [2.24, 2.45) is 0 Å². The van der Waals surface area contributed by atoms with Crippen molar-refractivity contribution in [2.75, 3.05) is 53.1 Å². The highest BCUT2D eigenvalue weighted by atomic mass is 32.2. The lowest BCUT2D eigenvalue weighted by atomic mass is 10.2. The van der Waals surface area contributed by atoms with Crippen LogP contribution in [0.2, 0.25) is 0 Å². The summed E-state index contributed by atoms with van der Waals surface area (Å²) in [5, 5.41) is 8.66. The maximum absolute atomic E-state index is 13.1. The Morgan fingerprint density at radius 1 is 1.06 bits per heavy atom. The molecule has 2 aromatic rings. The zero-order chi connectivity index (χ0) is 24.8. The van der Waals surface area contributed by atoms with Gasteiger partial charge in [-0.15, -0.1) is 0 Å². The van der Waals surface area contributed by atoms with Crippen molar-refractivity contribution in [3.8, 4) is 29.1 Å². The quantitative estimate of drug-likeness (QED) is 0.530. The fraction of sp³-hybridized carbons (Fsp3) is 0.333. The third kappa shape index (κ3) is 5.50. The van der Waals surface area contributed by atoms with Gasteiger partial charge < -0.3 is 23.8 Å². The molecule has 0 N–H and O–H groups in total. The van der Waals surface area contributed by atoms with E-state index in [2.05, 4.69) is 0 Å². The van der Waals surface area contributed by atoms with Crippen molar-refractivity contribution in [2.45, 2.75) is 4.90 Å². The third-order valence-electron chi connectivity index (χ3n) is 5.60. The molecule has 4 rings (SSSR count). The van der Waals surface area contributed by atoms with E-state index in [9.17, 15) is 13.2 Å². The largest absolute Gasteiger partial charge is 0.493 e. The summed E-state index contributed by atoms with van der Waals surface area (Å²) < 4.78 is 49.1. The van der Waals surface area contributed by atoms with Gasteiger partial charge in [0, 0.05) is 38.3 Å². The minimum Gasteiger partial charge on any atom is -0.493 e. The number of sulfonamides is 1. The van der Waals surface area contributed by atoms with Crippen LogP contribution in [0, 0.1) is 11.3 Å². The number of carbonyl (C=O) groups is 1. The van der Waals surface area contributed by atoms with Crippen molar-refractivity contribution in [3.05, 3.63) is 48.0 Å². The molecule has 0 saturated carbocycles. The molecule has 0 unspecified atom stereocenters. The molecule has 2 heterocycles. The van der Waals surface area contributed by atoms with Crippen LogP contribution in [0.3, 0.4) is 0 Å². The molecular weight excluding hydrogens is 474 g/mol. The number of fused-ring (bicyclic) bond motifs is 1. The van der Waals surface area contributed by atoms with Crippen LogP contribution in [0.4, 0.5) is 0 Å². The topological polar surface area (TPSA) is 118 Å². The van der Waals surface area contributed by atoms with Crippen LogP contribution < -0.4 is 18.9 Å². The molecule has 11 heteroatoms. The second-order valence-corrected chi connectivity index (χ2v) is 9.66. The van der Waals surface area contributed by atoms with Crippen LogP contribution in [0.25, 0.3) is 6.08 Å². The van der Waals surface area contributed by atoms with Gasteiger partial charge in [0.25, 0.3) is 0 Å². The molecule has 10 nitrogen and oxygen atoms in total. The van der Waals surface area contributed by atoms with Crippen LogP contribution in [-0.4, -0.2) is 76.6 Å². The summed E-state index contributed by atoms with van der Waals surface area (Å²) in [5.41, 5.74) is 0.722. The normalized spacial score (nSPS) is 16.1. The van der Waals surface area contributed by atoms with Gasteiger partial charge in [0.15, 0.2) is 29.6 Å². The smallest absolute Gasteiger partial charge is 0.246 e. The zero-order valence-corrected chi connectivity index (χ0v) is 20.0. The molecule has 0 radical (unpaired) electrons. The first-order valence-electron chi connectivity index (χ1n) is 11.0. The molecule has 0 aliphatic carbocycles. The highest BCUT2D eigenvalue weighted by Crippen LogP contribution is 2.33. The highest BCUT2D eigenvalue weighted by Gasteiger charge is 2.30. The van der Waals surface area contributed by atoms with E-state index in [0.29, 0.717) is 36.2 Å². The van der Waals surface area contributed by atoms with E-state index in [1.807, 2.05) is 6.07 Å². The number of piperazine rings is 1. The third-order valence-corrected chi connectivity index (χ3v) is 7.49. The molecule has 0 aromatic heterocycles. The van der Waals surface area contributed by atoms with E-state index >= 15 is 0 Å². The highest BCUT2D eigenvalue weighted by molar-refractivity contribution is 7.89. The molecule has 2 aliphatic rings. The molecule has 1 fully saturated rings.